The fraction of sp³-hybridized carbons (Fsp3) is 0.250. The summed E-state index contributed by atoms with van der Waals surface area (Å²) in [4.78, 5) is 10.6. The summed E-state index contributed by atoms with van der Waals surface area (Å²) in [6.07, 6.45) is -3.86. The summed E-state index contributed by atoms with van der Waals surface area (Å²) in [5, 5.41) is 9.08. The first-order chi connectivity index (χ1) is 17.9. The number of benzene rings is 3. The van der Waals surface area contributed by atoms with Crippen LogP contribution in [0.15, 0.2) is 71.6 Å². The third kappa shape index (κ3) is 5.85. The van der Waals surface area contributed by atoms with Crippen molar-refractivity contribution in [2.75, 3.05) is 10.8 Å². The Morgan fingerprint density at radius 1 is 1.11 bits per heavy atom. The monoisotopic (exact) mass is 545 g/mol. The number of aliphatic carboxylic acids is 1. The van der Waals surface area contributed by atoms with Crippen molar-refractivity contribution in [2.24, 2.45) is 0 Å². The summed E-state index contributed by atoms with van der Waals surface area (Å²) in [7, 11) is -4.45. The topological polar surface area (TPSA) is 83.9 Å². The molecule has 0 radical (unpaired) electrons. The molecule has 0 saturated heterocycles. The van der Waals surface area contributed by atoms with Crippen LogP contribution in [0.3, 0.4) is 0 Å². The van der Waals surface area contributed by atoms with E-state index < -0.39 is 38.7 Å². The number of sulfonamides is 1. The van der Waals surface area contributed by atoms with E-state index in [9.17, 15) is 26.4 Å². The average Bonchev–Trinajstić information content (AvgIpc) is 2.86. The molecule has 0 aromatic heterocycles. The molecule has 4 rings (SSSR count). The highest BCUT2D eigenvalue weighted by molar-refractivity contribution is 7.92. The molecule has 0 bridgehead atoms. The van der Waals surface area contributed by atoms with Crippen LogP contribution in [-0.2, 0) is 21.0 Å². The second-order valence-corrected chi connectivity index (χ2v) is 11.0. The number of carboxylic acid groups (broad SMARTS) is 1. The number of aryl methyl sites for hydroxylation is 1. The van der Waals surface area contributed by atoms with Gasteiger partial charge in [0.15, 0.2) is 0 Å². The van der Waals surface area contributed by atoms with Crippen molar-refractivity contribution in [3.63, 3.8) is 0 Å². The van der Waals surface area contributed by atoms with E-state index in [1.807, 2.05) is 44.2 Å². The Morgan fingerprint density at radius 2 is 1.84 bits per heavy atom. The lowest BCUT2D eigenvalue weighted by Crippen LogP contribution is -2.43. The van der Waals surface area contributed by atoms with Gasteiger partial charge in [-0.25, -0.2) is 8.42 Å². The predicted molar refractivity (Wildman–Crippen MR) is 138 cm³/mol. The quantitative estimate of drug-likeness (QED) is 0.348. The van der Waals surface area contributed by atoms with Crippen LogP contribution >= 0.6 is 0 Å². The minimum Gasteiger partial charge on any atom is -0.486 e. The third-order valence-corrected chi connectivity index (χ3v) is 8.07. The van der Waals surface area contributed by atoms with E-state index in [1.165, 1.54) is 0 Å². The van der Waals surface area contributed by atoms with Gasteiger partial charge in [0, 0.05) is 6.42 Å². The van der Waals surface area contributed by atoms with Gasteiger partial charge in [0.25, 0.3) is 10.0 Å². The number of halogens is 3. The Labute approximate surface area is 219 Å². The highest BCUT2D eigenvalue weighted by Gasteiger charge is 2.37. The SMILES string of the molecule is CC(=Cc1ccc2c(c1)N(S(=O)(=O)c1cccc(C(F)(F)F)c1)CC(CCC(=O)O)O2)c1ccccc1C. The van der Waals surface area contributed by atoms with E-state index >= 15 is 0 Å². The number of carbonyl (C=O) groups is 1. The maximum absolute atomic E-state index is 13.7. The molecular formula is C28H26F3NO5S. The van der Waals surface area contributed by atoms with Crippen molar-refractivity contribution in [1.82, 2.24) is 0 Å². The lowest BCUT2D eigenvalue weighted by atomic mass is 9.99. The maximum Gasteiger partial charge on any atom is 0.416 e. The smallest absolute Gasteiger partial charge is 0.416 e. The number of hydrogen-bond acceptors (Lipinski definition) is 4. The van der Waals surface area contributed by atoms with Crippen LogP contribution in [0.2, 0.25) is 0 Å². The van der Waals surface area contributed by atoms with Gasteiger partial charge in [-0.15, -0.1) is 0 Å². The molecule has 38 heavy (non-hydrogen) atoms. The van der Waals surface area contributed by atoms with E-state index in [2.05, 4.69) is 0 Å². The van der Waals surface area contributed by atoms with E-state index in [0.717, 1.165) is 39.2 Å². The third-order valence-electron chi connectivity index (χ3n) is 6.30. The number of carboxylic acids is 1. The molecule has 0 aliphatic carbocycles. The number of rotatable bonds is 7. The van der Waals surface area contributed by atoms with Crippen molar-refractivity contribution in [1.29, 1.82) is 0 Å². The van der Waals surface area contributed by atoms with Gasteiger partial charge in [-0.3, -0.25) is 9.10 Å². The van der Waals surface area contributed by atoms with Crippen molar-refractivity contribution in [2.45, 2.75) is 43.9 Å². The Hall–Kier alpha value is -3.79. The highest BCUT2D eigenvalue weighted by atomic mass is 32.2. The first-order valence-corrected chi connectivity index (χ1v) is 13.3. The first kappa shape index (κ1) is 27.3. The number of fused-ring (bicyclic) bond motifs is 1. The zero-order chi connectivity index (χ0) is 27.7. The Bertz CT molecular complexity index is 1500. The lowest BCUT2D eigenvalue weighted by Gasteiger charge is -2.35. The second kappa shape index (κ2) is 10.5. The molecule has 1 N–H and O–H groups in total. The summed E-state index contributed by atoms with van der Waals surface area (Å²) >= 11 is 0. The molecule has 3 aromatic carbocycles. The Balaban J connectivity index is 1.79. The van der Waals surface area contributed by atoms with Crippen LogP contribution in [0.5, 0.6) is 5.75 Å². The van der Waals surface area contributed by atoms with Gasteiger partial charge in [0.2, 0.25) is 0 Å². The molecule has 0 spiro atoms. The molecule has 0 fully saturated rings. The van der Waals surface area contributed by atoms with E-state index in [4.69, 9.17) is 9.84 Å². The fourth-order valence-electron chi connectivity index (χ4n) is 4.38. The molecule has 1 atom stereocenters. The fourth-order valence-corrected chi connectivity index (χ4v) is 5.93. The molecule has 0 saturated carbocycles. The molecular weight excluding hydrogens is 519 g/mol. The molecule has 6 nitrogen and oxygen atoms in total. The number of nitrogens with zero attached hydrogens (tertiary/aromatic N) is 1. The summed E-state index contributed by atoms with van der Waals surface area (Å²) in [5.41, 5.74) is 2.77. The molecule has 3 aromatic rings. The van der Waals surface area contributed by atoms with Crippen LogP contribution in [-0.4, -0.2) is 32.1 Å². The lowest BCUT2D eigenvalue weighted by molar-refractivity contribution is -0.138. The molecule has 200 valence electrons. The zero-order valence-corrected chi connectivity index (χ0v) is 21.5. The van der Waals surface area contributed by atoms with Gasteiger partial charge in [0.1, 0.15) is 11.9 Å². The Morgan fingerprint density at radius 3 is 2.53 bits per heavy atom. The van der Waals surface area contributed by atoms with Crippen LogP contribution in [0.1, 0.15) is 42.0 Å². The number of allylic oxidation sites excluding steroid dienone is 1. The molecule has 1 aliphatic rings. The normalized spacial score (nSPS) is 16.1. The first-order valence-electron chi connectivity index (χ1n) is 11.8. The predicted octanol–water partition coefficient (Wildman–Crippen LogP) is 6.40. The van der Waals surface area contributed by atoms with Crippen molar-refractivity contribution < 1.29 is 36.2 Å². The number of alkyl halides is 3. The van der Waals surface area contributed by atoms with Crippen LogP contribution in [0, 0.1) is 6.92 Å². The van der Waals surface area contributed by atoms with Gasteiger partial charge in [0.05, 0.1) is 22.7 Å². The second-order valence-electron chi connectivity index (χ2n) is 9.10. The number of ether oxygens (including phenoxy) is 1. The van der Waals surface area contributed by atoms with Gasteiger partial charge in [-0.05, 0) is 72.9 Å². The van der Waals surface area contributed by atoms with E-state index in [-0.39, 0.29) is 30.8 Å². The minimum absolute atomic E-state index is 0.0252. The standard InChI is InChI=1S/C28H26F3NO5S/c1-18-6-3-4-9-24(18)19(2)14-20-10-12-26-25(15-20)32(17-22(37-26)11-13-27(33)34)38(35,36)23-8-5-7-21(16-23)28(29,30)31/h3-10,12,14-16,22H,11,13,17H2,1-2H3,(H,33,34). The minimum atomic E-state index is -4.72. The van der Waals surface area contributed by atoms with Gasteiger partial charge >= 0.3 is 12.1 Å². The Kier molecular flexibility index (Phi) is 7.55. The summed E-state index contributed by atoms with van der Waals surface area (Å²) in [6, 6.07) is 16.3. The van der Waals surface area contributed by atoms with Crippen molar-refractivity contribution in [3.05, 3.63) is 89.0 Å². The van der Waals surface area contributed by atoms with Crippen LogP contribution < -0.4 is 9.04 Å². The van der Waals surface area contributed by atoms with Gasteiger partial charge < -0.3 is 9.84 Å². The summed E-state index contributed by atoms with van der Waals surface area (Å²) in [6.45, 7) is 3.66. The highest BCUT2D eigenvalue weighted by Crippen LogP contribution is 2.40. The molecule has 1 heterocycles. The van der Waals surface area contributed by atoms with Crippen LogP contribution in [0.25, 0.3) is 11.6 Å². The number of anilines is 1. The summed E-state index contributed by atoms with van der Waals surface area (Å²) in [5.74, 6) is -0.869. The van der Waals surface area contributed by atoms with Gasteiger partial charge in [-0.2, -0.15) is 13.2 Å². The number of hydrogen-bond donors (Lipinski definition) is 1. The maximum atomic E-state index is 13.7. The average molecular weight is 546 g/mol. The van der Waals surface area contributed by atoms with Gasteiger partial charge in [-0.1, -0.05) is 42.5 Å². The molecule has 0 amide bonds. The molecule has 1 aliphatic heterocycles. The summed E-state index contributed by atoms with van der Waals surface area (Å²) < 4.78 is 74.3. The zero-order valence-electron chi connectivity index (χ0n) is 20.7. The molecule has 1 unspecified atom stereocenters. The van der Waals surface area contributed by atoms with E-state index in [1.54, 1.807) is 18.2 Å². The molecule has 10 heteroatoms. The van der Waals surface area contributed by atoms with E-state index in [0.29, 0.717) is 11.6 Å². The van der Waals surface area contributed by atoms with Crippen LogP contribution in [0.4, 0.5) is 18.9 Å². The van der Waals surface area contributed by atoms with Crippen molar-refractivity contribution in [3.8, 4) is 5.75 Å². The van der Waals surface area contributed by atoms with Crippen molar-refractivity contribution >= 4 is 33.3 Å². The largest absolute Gasteiger partial charge is 0.486 e.